The lowest BCUT2D eigenvalue weighted by Crippen LogP contribution is -2.44. The molecule has 1 unspecified atom stereocenters. The Bertz CT molecular complexity index is 266. The van der Waals surface area contributed by atoms with Crippen LogP contribution in [0.15, 0.2) is 0 Å². The van der Waals surface area contributed by atoms with Gasteiger partial charge in [0.15, 0.2) is 0 Å². The molecule has 2 aliphatic rings. The highest BCUT2D eigenvalue weighted by Gasteiger charge is 2.41. The van der Waals surface area contributed by atoms with Gasteiger partial charge in [0.05, 0.1) is 12.7 Å². The average Bonchev–Trinajstić information content (AvgIpc) is 2.54. The molecule has 3 nitrogen and oxygen atoms in total. The molecule has 2 fully saturated rings. The van der Waals surface area contributed by atoms with Gasteiger partial charge in [-0.3, -0.25) is 10.1 Å². The van der Waals surface area contributed by atoms with Crippen LogP contribution < -0.4 is 5.32 Å². The lowest BCUT2D eigenvalue weighted by Gasteiger charge is -2.43. The lowest BCUT2D eigenvalue weighted by atomic mass is 9.67. The van der Waals surface area contributed by atoms with E-state index in [0.29, 0.717) is 17.2 Å². The van der Waals surface area contributed by atoms with Gasteiger partial charge in [-0.2, -0.15) is 0 Å². The SMILES string of the molecule is CCC1(CN2CNC(C(C)C)C2=O)CCC1. The van der Waals surface area contributed by atoms with Crippen molar-refractivity contribution in [1.82, 2.24) is 10.2 Å². The van der Waals surface area contributed by atoms with Crippen molar-refractivity contribution in [2.24, 2.45) is 11.3 Å². The minimum atomic E-state index is 0.0500. The summed E-state index contributed by atoms with van der Waals surface area (Å²) in [6.07, 6.45) is 5.17. The Morgan fingerprint density at radius 1 is 1.50 bits per heavy atom. The zero-order chi connectivity index (χ0) is 11.8. The molecule has 0 spiro atoms. The number of carbonyl (C=O) groups is 1. The third-order valence-electron chi connectivity index (χ3n) is 4.44. The van der Waals surface area contributed by atoms with Crippen molar-refractivity contribution < 1.29 is 4.79 Å². The van der Waals surface area contributed by atoms with Gasteiger partial charge in [-0.05, 0) is 30.6 Å². The first-order chi connectivity index (χ1) is 7.58. The van der Waals surface area contributed by atoms with Gasteiger partial charge >= 0.3 is 0 Å². The quantitative estimate of drug-likeness (QED) is 0.792. The second-order valence-electron chi connectivity index (χ2n) is 5.83. The normalized spacial score (nSPS) is 28.6. The van der Waals surface area contributed by atoms with E-state index in [9.17, 15) is 4.79 Å². The number of rotatable bonds is 4. The van der Waals surface area contributed by atoms with Crippen molar-refractivity contribution in [2.75, 3.05) is 13.2 Å². The van der Waals surface area contributed by atoms with Crippen LogP contribution in [0.5, 0.6) is 0 Å². The van der Waals surface area contributed by atoms with Crippen LogP contribution in [0.3, 0.4) is 0 Å². The standard InChI is InChI=1S/C13H24N2O/c1-4-13(6-5-7-13)8-15-9-14-11(10(2)3)12(15)16/h10-11,14H,4-9H2,1-3H3. The Hall–Kier alpha value is -0.570. The van der Waals surface area contributed by atoms with Gasteiger partial charge in [-0.15, -0.1) is 0 Å². The molecular weight excluding hydrogens is 200 g/mol. The first kappa shape index (κ1) is 11.9. The molecule has 1 N–H and O–H groups in total. The third-order valence-corrected chi connectivity index (χ3v) is 4.44. The molecule has 16 heavy (non-hydrogen) atoms. The summed E-state index contributed by atoms with van der Waals surface area (Å²) < 4.78 is 0. The van der Waals surface area contributed by atoms with Gasteiger partial charge in [-0.1, -0.05) is 27.2 Å². The van der Waals surface area contributed by atoms with E-state index in [1.165, 1.54) is 25.7 Å². The lowest BCUT2D eigenvalue weighted by molar-refractivity contribution is -0.132. The van der Waals surface area contributed by atoms with Crippen LogP contribution in [-0.4, -0.2) is 30.1 Å². The maximum absolute atomic E-state index is 12.1. The van der Waals surface area contributed by atoms with Crippen LogP contribution in [0.1, 0.15) is 46.5 Å². The Morgan fingerprint density at radius 3 is 2.56 bits per heavy atom. The Balaban J connectivity index is 1.94. The van der Waals surface area contributed by atoms with Gasteiger partial charge in [0.1, 0.15) is 0 Å². The molecule has 1 saturated heterocycles. The molecular formula is C13H24N2O. The molecule has 0 radical (unpaired) electrons. The van der Waals surface area contributed by atoms with Gasteiger partial charge in [0.2, 0.25) is 5.91 Å². The van der Waals surface area contributed by atoms with Crippen LogP contribution in [-0.2, 0) is 4.79 Å². The van der Waals surface area contributed by atoms with Crippen LogP contribution >= 0.6 is 0 Å². The molecule has 1 aliphatic carbocycles. The van der Waals surface area contributed by atoms with Crippen molar-refractivity contribution in [3.05, 3.63) is 0 Å². The molecule has 2 rings (SSSR count). The average molecular weight is 224 g/mol. The fourth-order valence-electron chi connectivity index (χ4n) is 2.93. The van der Waals surface area contributed by atoms with E-state index in [4.69, 9.17) is 0 Å². The summed E-state index contributed by atoms with van der Waals surface area (Å²) in [6.45, 7) is 8.20. The zero-order valence-corrected chi connectivity index (χ0v) is 10.8. The number of nitrogens with one attached hydrogen (secondary N) is 1. The second kappa shape index (κ2) is 4.36. The largest absolute Gasteiger partial charge is 0.328 e. The van der Waals surface area contributed by atoms with Gasteiger partial charge < -0.3 is 4.90 Å². The van der Waals surface area contributed by atoms with E-state index in [2.05, 4.69) is 26.1 Å². The van der Waals surface area contributed by atoms with E-state index in [1.807, 2.05) is 4.90 Å². The predicted molar refractivity (Wildman–Crippen MR) is 64.9 cm³/mol. The molecule has 0 bridgehead atoms. The van der Waals surface area contributed by atoms with Crippen molar-refractivity contribution >= 4 is 5.91 Å². The smallest absolute Gasteiger partial charge is 0.241 e. The molecule has 1 amide bonds. The molecule has 1 saturated carbocycles. The number of nitrogens with zero attached hydrogens (tertiary/aromatic N) is 1. The minimum Gasteiger partial charge on any atom is -0.328 e. The molecule has 1 heterocycles. The summed E-state index contributed by atoms with van der Waals surface area (Å²) in [5.74, 6) is 0.714. The maximum atomic E-state index is 12.1. The molecule has 92 valence electrons. The molecule has 1 atom stereocenters. The van der Waals surface area contributed by atoms with E-state index >= 15 is 0 Å². The van der Waals surface area contributed by atoms with Crippen LogP contribution in [0, 0.1) is 11.3 Å². The van der Waals surface area contributed by atoms with Gasteiger partial charge in [0.25, 0.3) is 0 Å². The van der Waals surface area contributed by atoms with Crippen molar-refractivity contribution in [3.63, 3.8) is 0 Å². The highest BCUT2D eigenvalue weighted by atomic mass is 16.2. The summed E-state index contributed by atoms with van der Waals surface area (Å²) in [4.78, 5) is 14.2. The monoisotopic (exact) mass is 224 g/mol. The molecule has 1 aliphatic heterocycles. The Morgan fingerprint density at radius 2 is 2.19 bits per heavy atom. The van der Waals surface area contributed by atoms with Gasteiger partial charge in [0, 0.05) is 6.54 Å². The minimum absolute atomic E-state index is 0.0500. The highest BCUT2D eigenvalue weighted by molar-refractivity contribution is 5.84. The summed E-state index contributed by atoms with van der Waals surface area (Å²) in [6, 6.07) is 0.0500. The summed E-state index contributed by atoms with van der Waals surface area (Å²) in [5, 5.41) is 3.33. The van der Waals surface area contributed by atoms with Crippen LogP contribution in [0.25, 0.3) is 0 Å². The number of carbonyl (C=O) groups excluding carboxylic acids is 1. The Kier molecular flexibility index (Phi) is 3.24. The number of amides is 1. The molecule has 0 aromatic rings. The molecule has 0 aromatic carbocycles. The summed E-state index contributed by atoms with van der Waals surface area (Å²) >= 11 is 0. The van der Waals surface area contributed by atoms with Crippen LogP contribution in [0.4, 0.5) is 0 Å². The van der Waals surface area contributed by atoms with Crippen molar-refractivity contribution in [1.29, 1.82) is 0 Å². The number of hydrogen-bond donors (Lipinski definition) is 1. The fraction of sp³-hybridized carbons (Fsp3) is 0.923. The van der Waals surface area contributed by atoms with Crippen LogP contribution in [0.2, 0.25) is 0 Å². The third kappa shape index (κ3) is 1.97. The van der Waals surface area contributed by atoms with E-state index < -0.39 is 0 Å². The fourth-order valence-corrected chi connectivity index (χ4v) is 2.93. The van der Waals surface area contributed by atoms with E-state index in [0.717, 1.165) is 13.2 Å². The Labute approximate surface area is 98.6 Å². The van der Waals surface area contributed by atoms with E-state index in [-0.39, 0.29) is 6.04 Å². The van der Waals surface area contributed by atoms with Crippen molar-refractivity contribution in [3.8, 4) is 0 Å². The first-order valence-electron chi connectivity index (χ1n) is 6.60. The van der Waals surface area contributed by atoms with Gasteiger partial charge in [-0.25, -0.2) is 0 Å². The topological polar surface area (TPSA) is 32.3 Å². The maximum Gasteiger partial charge on any atom is 0.241 e. The first-order valence-corrected chi connectivity index (χ1v) is 6.60. The summed E-state index contributed by atoms with van der Waals surface area (Å²) in [7, 11) is 0. The summed E-state index contributed by atoms with van der Waals surface area (Å²) in [5.41, 5.74) is 0.448. The molecule has 3 heteroatoms. The second-order valence-corrected chi connectivity index (χ2v) is 5.83. The molecule has 0 aromatic heterocycles. The zero-order valence-electron chi connectivity index (χ0n) is 10.8. The predicted octanol–water partition coefficient (Wildman–Crippen LogP) is 1.98. The number of hydrogen-bond acceptors (Lipinski definition) is 2. The highest BCUT2D eigenvalue weighted by Crippen LogP contribution is 2.44. The van der Waals surface area contributed by atoms with E-state index in [1.54, 1.807) is 0 Å². The van der Waals surface area contributed by atoms with Crippen molar-refractivity contribution in [2.45, 2.75) is 52.5 Å².